The second kappa shape index (κ2) is 8.77. The van der Waals surface area contributed by atoms with Crippen molar-refractivity contribution in [3.8, 4) is 0 Å². The van der Waals surface area contributed by atoms with E-state index in [2.05, 4.69) is 0 Å². The van der Waals surface area contributed by atoms with Gasteiger partial charge in [-0.2, -0.15) is 4.55 Å². The van der Waals surface area contributed by atoms with Gasteiger partial charge in [0.15, 0.2) is 0 Å². The number of hydrogen-bond acceptors (Lipinski definition) is 4. The van der Waals surface area contributed by atoms with E-state index in [4.69, 9.17) is 15.2 Å². The van der Waals surface area contributed by atoms with Crippen molar-refractivity contribution in [2.24, 2.45) is 5.73 Å². The molecule has 0 amide bonds. The maximum absolute atomic E-state index is 9.62. The van der Waals surface area contributed by atoms with Crippen LogP contribution in [0.15, 0.2) is 0 Å². The lowest BCUT2D eigenvalue weighted by Gasteiger charge is -2.12. The fourth-order valence-electron chi connectivity index (χ4n) is 0.805. The first-order valence-electron chi connectivity index (χ1n) is 4.58. The van der Waals surface area contributed by atoms with Crippen LogP contribution < -0.4 is 5.73 Å². The molecular formula is C8H20NO3S+. The Bertz CT molecular complexity index is 110. The molecule has 0 radical (unpaired) electrons. The lowest BCUT2D eigenvalue weighted by atomic mass is 10.5. The Morgan fingerprint density at radius 1 is 1.31 bits per heavy atom. The number of nitrogens with two attached hydrogens (primary N) is 1. The van der Waals surface area contributed by atoms with E-state index in [1.54, 1.807) is 0 Å². The minimum atomic E-state index is -0.832. The molecule has 0 aromatic rings. The van der Waals surface area contributed by atoms with Gasteiger partial charge in [-0.25, -0.2) is 0 Å². The molecule has 1 unspecified atom stereocenters. The van der Waals surface area contributed by atoms with Crippen molar-refractivity contribution in [3.63, 3.8) is 0 Å². The van der Waals surface area contributed by atoms with Gasteiger partial charge in [-0.15, -0.1) is 0 Å². The van der Waals surface area contributed by atoms with Gasteiger partial charge in [0, 0.05) is 6.42 Å². The minimum Gasteiger partial charge on any atom is -0.330 e. The maximum Gasteiger partial charge on any atom is 0.362 e. The summed E-state index contributed by atoms with van der Waals surface area (Å²) in [7, 11) is 0. The molecule has 3 N–H and O–H groups in total. The van der Waals surface area contributed by atoms with Crippen molar-refractivity contribution in [1.82, 2.24) is 0 Å². The van der Waals surface area contributed by atoms with Crippen molar-refractivity contribution in [2.75, 3.05) is 25.5 Å². The first-order chi connectivity index (χ1) is 6.26. The molecule has 0 saturated heterocycles. The van der Waals surface area contributed by atoms with E-state index < -0.39 is 16.8 Å². The van der Waals surface area contributed by atoms with Crippen LogP contribution in [0.4, 0.5) is 0 Å². The molecule has 0 rings (SSSR count). The van der Waals surface area contributed by atoms with Gasteiger partial charge in [0.05, 0.1) is 13.2 Å². The molecule has 0 aliphatic heterocycles. The fraction of sp³-hybridized carbons (Fsp3) is 1.00. The van der Waals surface area contributed by atoms with E-state index in [9.17, 15) is 4.55 Å². The van der Waals surface area contributed by atoms with Crippen LogP contribution in [0, 0.1) is 0 Å². The quantitative estimate of drug-likeness (QED) is 0.459. The molecule has 0 aromatic heterocycles. The van der Waals surface area contributed by atoms with Crippen LogP contribution in [0.3, 0.4) is 0 Å². The van der Waals surface area contributed by atoms with Gasteiger partial charge in [0.2, 0.25) is 11.2 Å². The summed E-state index contributed by atoms with van der Waals surface area (Å²) in [6, 6.07) is 0. The molecule has 0 aliphatic carbocycles. The monoisotopic (exact) mass is 210 g/mol. The normalized spacial score (nSPS) is 13.6. The van der Waals surface area contributed by atoms with Crippen molar-refractivity contribution < 1.29 is 14.0 Å². The maximum atomic E-state index is 9.62. The van der Waals surface area contributed by atoms with Crippen LogP contribution in [0.1, 0.15) is 20.3 Å². The summed E-state index contributed by atoms with van der Waals surface area (Å²) in [5, 5.41) is 0. The average Bonchev–Trinajstić information content (AvgIpc) is 2.14. The molecule has 5 heteroatoms. The van der Waals surface area contributed by atoms with E-state index in [-0.39, 0.29) is 0 Å². The smallest absolute Gasteiger partial charge is 0.330 e. The topological polar surface area (TPSA) is 64.7 Å². The molecule has 0 fully saturated rings. The number of hydrogen-bond donors (Lipinski definition) is 2. The first-order valence-corrected chi connectivity index (χ1v) is 5.99. The predicted molar refractivity (Wildman–Crippen MR) is 55.6 cm³/mol. The summed E-state index contributed by atoms with van der Waals surface area (Å²) in [6.07, 6.45) is 0.802. The zero-order chi connectivity index (χ0) is 10.1. The average molecular weight is 210 g/mol. The van der Waals surface area contributed by atoms with E-state index in [1.807, 2.05) is 13.8 Å². The molecule has 0 heterocycles. The Kier molecular flexibility index (Phi) is 8.90. The Hall–Kier alpha value is 0.190. The highest BCUT2D eigenvalue weighted by molar-refractivity contribution is 7.91. The van der Waals surface area contributed by atoms with Crippen molar-refractivity contribution >= 4 is 11.2 Å². The summed E-state index contributed by atoms with van der Waals surface area (Å²) in [5.41, 5.74) is 4.87. The van der Waals surface area contributed by atoms with Crippen LogP contribution in [0.5, 0.6) is 0 Å². The molecule has 80 valence electrons. The van der Waals surface area contributed by atoms with E-state index in [0.29, 0.717) is 25.5 Å². The molecule has 0 aliphatic rings. The molecular weight excluding hydrogens is 190 g/mol. The third-order valence-corrected chi connectivity index (χ3v) is 2.81. The zero-order valence-electron chi connectivity index (χ0n) is 8.36. The highest BCUT2D eigenvalue weighted by Crippen LogP contribution is 2.07. The lowest BCUT2D eigenvalue weighted by molar-refractivity contribution is -0.0797. The minimum absolute atomic E-state index is 0.471. The van der Waals surface area contributed by atoms with E-state index >= 15 is 0 Å². The van der Waals surface area contributed by atoms with Crippen molar-refractivity contribution in [1.29, 1.82) is 0 Å². The van der Waals surface area contributed by atoms with Gasteiger partial charge in [-0.1, -0.05) is 0 Å². The van der Waals surface area contributed by atoms with Gasteiger partial charge in [-0.3, -0.25) is 0 Å². The molecule has 4 nitrogen and oxygen atoms in total. The van der Waals surface area contributed by atoms with Gasteiger partial charge >= 0.3 is 5.62 Å². The fourth-order valence-corrected chi connectivity index (χ4v) is 2.05. The molecule has 1 atom stereocenters. The second-order valence-electron chi connectivity index (χ2n) is 2.45. The lowest BCUT2D eigenvalue weighted by Crippen LogP contribution is -2.30. The van der Waals surface area contributed by atoms with Gasteiger partial charge in [-0.05, 0) is 20.4 Å². The zero-order valence-corrected chi connectivity index (χ0v) is 9.18. The van der Waals surface area contributed by atoms with Crippen LogP contribution in [0.2, 0.25) is 0 Å². The number of rotatable bonds is 8. The molecule has 0 aromatic carbocycles. The van der Waals surface area contributed by atoms with Gasteiger partial charge < -0.3 is 15.2 Å². The molecule has 0 spiro atoms. The van der Waals surface area contributed by atoms with E-state index in [0.717, 1.165) is 6.42 Å². The van der Waals surface area contributed by atoms with Crippen LogP contribution in [-0.4, -0.2) is 35.7 Å². The molecule has 13 heavy (non-hydrogen) atoms. The van der Waals surface area contributed by atoms with Crippen molar-refractivity contribution in [3.05, 3.63) is 0 Å². The van der Waals surface area contributed by atoms with Gasteiger partial charge in [0.25, 0.3) is 0 Å². The van der Waals surface area contributed by atoms with Crippen LogP contribution >= 0.6 is 0 Å². The van der Waals surface area contributed by atoms with E-state index in [1.165, 1.54) is 0 Å². The molecule has 0 saturated carbocycles. The highest BCUT2D eigenvalue weighted by atomic mass is 32.2. The third kappa shape index (κ3) is 6.29. The molecule has 0 bridgehead atoms. The predicted octanol–water partition coefficient (Wildman–Crippen LogP) is 0.783. The van der Waals surface area contributed by atoms with Crippen LogP contribution in [-0.2, 0) is 20.6 Å². The summed E-state index contributed by atoms with van der Waals surface area (Å²) >= 11 is -0.832. The summed E-state index contributed by atoms with van der Waals surface area (Å²) in [5.74, 6) is 0.654. The largest absolute Gasteiger partial charge is 0.362 e. The summed E-state index contributed by atoms with van der Waals surface area (Å²) in [4.78, 5) is 0. The first kappa shape index (κ1) is 13.2. The highest BCUT2D eigenvalue weighted by Gasteiger charge is 2.30. The van der Waals surface area contributed by atoms with Crippen LogP contribution in [0.25, 0.3) is 0 Å². The Morgan fingerprint density at radius 3 is 2.23 bits per heavy atom. The Morgan fingerprint density at radius 2 is 1.85 bits per heavy atom. The third-order valence-electron chi connectivity index (χ3n) is 1.39. The number of ether oxygens (including phenoxy) is 2. The summed E-state index contributed by atoms with van der Waals surface area (Å²) < 4.78 is 20.1. The standard InChI is InChI=1S/C8H20NO3S/c1-3-11-8(12-4-2)13(10)7-5-6-9/h8,10H,3-7,9H2,1-2H3/q+1. The second-order valence-corrected chi connectivity index (χ2v) is 4.04. The Labute approximate surface area is 83.0 Å². The van der Waals surface area contributed by atoms with Gasteiger partial charge in [0.1, 0.15) is 5.75 Å². The summed E-state index contributed by atoms with van der Waals surface area (Å²) in [6.45, 7) is 5.46. The SMILES string of the molecule is CCOC(OCC)[S+](O)CCCN. The Balaban J connectivity index is 3.72. The van der Waals surface area contributed by atoms with Crippen molar-refractivity contribution in [2.45, 2.75) is 25.9 Å².